The van der Waals surface area contributed by atoms with Crippen molar-refractivity contribution in [2.45, 2.75) is 45.2 Å². The van der Waals surface area contributed by atoms with Crippen molar-refractivity contribution in [3.63, 3.8) is 0 Å². The highest BCUT2D eigenvalue weighted by Crippen LogP contribution is 2.35. The Morgan fingerprint density at radius 3 is 2.44 bits per heavy atom. The fraction of sp³-hybridized carbons (Fsp3) is 1.00. The minimum Gasteiger partial charge on any atom is -0.244 e. The van der Waals surface area contributed by atoms with Crippen LogP contribution in [0.25, 0.3) is 0 Å². The molecule has 0 aromatic carbocycles. The lowest BCUT2D eigenvalue weighted by molar-refractivity contribution is 0.0677. The van der Waals surface area contributed by atoms with Gasteiger partial charge in [-0.25, -0.2) is 4.39 Å². The van der Waals surface area contributed by atoms with Crippen LogP contribution in [-0.4, -0.2) is 5.67 Å². The van der Waals surface area contributed by atoms with Crippen molar-refractivity contribution in [1.29, 1.82) is 0 Å². The maximum atomic E-state index is 13.3. The third-order valence-corrected chi connectivity index (χ3v) is 2.58. The molecule has 1 unspecified atom stereocenters. The Bertz CT molecular complexity index is 96.7. The predicted molar refractivity (Wildman–Crippen MR) is 37.1 cm³/mol. The molecule has 0 N–H and O–H groups in total. The Kier molecular flexibility index (Phi) is 1.78. The summed E-state index contributed by atoms with van der Waals surface area (Å²) in [6.07, 6.45) is 4.15. The maximum Gasteiger partial charge on any atom is 0.110 e. The summed E-state index contributed by atoms with van der Waals surface area (Å²) in [5.41, 5.74) is -0.863. The smallest absolute Gasteiger partial charge is 0.110 e. The van der Waals surface area contributed by atoms with E-state index >= 15 is 0 Å². The van der Waals surface area contributed by atoms with E-state index in [1.54, 1.807) is 6.92 Å². The summed E-state index contributed by atoms with van der Waals surface area (Å²) in [6, 6.07) is 0. The molecule has 0 radical (unpaired) electrons. The molecule has 0 spiro atoms. The van der Waals surface area contributed by atoms with Crippen molar-refractivity contribution in [2.24, 2.45) is 5.92 Å². The number of hydrogen-bond acceptors (Lipinski definition) is 0. The lowest BCUT2D eigenvalue weighted by Crippen LogP contribution is -2.30. The van der Waals surface area contributed by atoms with Crippen LogP contribution in [0.5, 0.6) is 0 Å². The van der Waals surface area contributed by atoms with Crippen molar-refractivity contribution in [3.05, 3.63) is 0 Å². The molecule has 2 atom stereocenters. The van der Waals surface area contributed by atoms with Crippen molar-refractivity contribution in [3.8, 4) is 0 Å². The lowest BCUT2D eigenvalue weighted by Gasteiger charge is -2.31. The summed E-state index contributed by atoms with van der Waals surface area (Å²) in [5, 5.41) is 0. The van der Waals surface area contributed by atoms with Gasteiger partial charge in [0.25, 0.3) is 0 Å². The minimum atomic E-state index is -0.863. The molecule has 1 aliphatic rings. The molecule has 0 bridgehead atoms. The minimum absolute atomic E-state index is 0.284. The van der Waals surface area contributed by atoms with E-state index in [1.165, 1.54) is 6.42 Å². The molecular formula is C8H15F. The molecule has 0 nitrogen and oxygen atoms in total. The number of rotatable bonds is 0. The Labute approximate surface area is 56.5 Å². The van der Waals surface area contributed by atoms with Gasteiger partial charge in [-0.2, -0.15) is 0 Å². The summed E-state index contributed by atoms with van der Waals surface area (Å²) in [4.78, 5) is 0. The molecule has 1 saturated carbocycles. The van der Waals surface area contributed by atoms with Gasteiger partial charge in [0.15, 0.2) is 0 Å². The molecule has 54 valence electrons. The van der Waals surface area contributed by atoms with Crippen LogP contribution in [0.1, 0.15) is 39.5 Å². The first-order valence-corrected chi connectivity index (χ1v) is 3.82. The average molecular weight is 130 g/mol. The Morgan fingerprint density at radius 2 is 2.11 bits per heavy atom. The Morgan fingerprint density at radius 1 is 1.44 bits per heavy atom. The highest BCUT2D eigenvalue weighted by molar-refractivity contribution is 4.83. The monoisotopic (exact) mass is 130 g/mol. The normalized spacial score (nSPS) is 45.0. The van der Waals surface area contributed by atoms with E-state index in [9.17, 15) is 4.39 Å². The first kappa shape index (κ1) is 7.04. The van der Waals surface area contributed by atoms with Crippen molar-refractivity contribution in [2.75, 3.05) is 0 Å². The van der Waals surface area contributed by atoms with Gasteiger partial charge in [-0.15, -0.1) is 0 Å². The van der Waals surface area contributed by atoms with Crippen LogP contribution in [-0.2, 0) is 0 Å². The van der Waals surface area contributed by atoms with Crippen molar-refractivity contribution >= 4 is 0 Å². The second-order valence-electron chi connectivity index (χ2n) is 3.42. The summed E-state index contributed by atoms with van der Waals surface area (Å²) in [7, 11) is 0. The predicted octanol–water partition coefficient (Wildman–Crippen LogP) is 2.92. The molecule has 0 saturated heterocycles. The van der Waals surface area contributed by atoms with Crippen LogP contribution in [0.2, 0.25) is 0 Å². The fourth-order valence-corrected chi connectivity index (χ4v) is 1.47. The van der Waals surface area contributed by atoms with Crippen LogP contribution >= 0.6 is 0 Å². The summed E-state index contributed by atoms with van der Waals surface area (Å²) >= 11 is 0. The van der Waals surface area contributed by atoms with E-state index in [0.29, 0.717) is 0 Å². The van der Waals surface area contributed by atoms with E-state index < -0.39 is 5.67 Å². The third-order valence-electron chi connectivity index (χ3n) is 2.58. The molecule has 0 aromatic heterocycles. The van der Waals surface area contributed by atoms with Crippen molar-refractivity contribution in [1.82, 2.24) is 0 Å². The number of hydrogen-bond donors (Lipinski definition) is 0. The van der Waals surface area contributed by atoms with Gasteiger partial charge in [-0.3, -0.25) is 0 Å². The Hall–Kier alpha value is -0.0700. The van der Waals surface area contributed by atoms with Crippen LogP contribution in [0.3, 0.4) is 0 Å². The zero-order valence-corrected chi connectivity index (χ0v) is 6.28. The van der Waals surface area contributed by atoms with Gasteiger partial charge < -0.3 is 0 Å². The second kappa shape index (κ2) is 2.28. The second-order valence-corrected chi connectivity index (χ2v) is 3.42. The molecule has 1 heteroatoms. The van der Waals surface area contributed by atoms with E-state index in [1.807, 2.05) is 6.92 Å². The van der Waals surface area contributed by atoms with Crippen LogP contribution < -0.4 is 0 Å². The average Bonchev–Trinajstić information content (AvgIpc) is 1.77. The van der Waals surface area contributed by atoms with Gasteiger partial charge in [-0.05, 0) is 25.7 Å². The lowest BCUT2D eigenvalue weighted by atomic mass is 9.79. The maximum absolute atomic E-state index is 13.3. The van der Waals surface area contributed by atoms with E-state index in [2.05, 4.69) is 0 Å². The molecule has 1 aliphatic carbocycles. The first-order chi connectivity index (χ1) is 4.13. The topological polar surface area (TPSA) is 0 Å². The Balaban J connectivity index is 2.49. The molecule has 0 aromatic rings. The zero-order chi connectivity index (χ0) is 6.91. The molecule has 1 fully saturated rings. The number of alkyl halides is 1. The first-order valence-electron chi connectivity index (χ1n) is 3.82. The van der Waals surface area contributed by atoms with E-state index in [4.69, 9.17) is 0 Å². The van der Waals surface area contributed by atoms with Gasteiger partial charge in [0.2, 0.25) is 0 Å². The summed E-state index contributed by atoms with van der Waals surface area (Å²) < 4.78 is 13.3. The highest BCUT2D eigenvalue weighted by Gasteiger charge is 2.32. The van der Waals surface area contributed by atoms with Crippen molar-refractivity contribution < 1.29 is 4.39 Å². The molecule has 0 heterocycles. The highest BCUT2D eigenvalue weighted by atomic mass is 19.1. The van der Waals surface area contributed by atoms with Crippen LogP contribution in [0.15, 0.2) is 0 Å². The molecule has 9 heavy (non-hydrogen) atoms. The zero-order valence-electron chi connectivity index (χ0n) is 6.28. The molecular weight excluding hydrogens is 115 g/mol. The van der Waals surface area contributed by atoms with E-state index in [-0.39, 0.29) is 5.92 Å². The third kappa shape index (κ3) is 1.44. The van der Waals surface area contributed by atoms with Crippen LogP contribution in [0, 0.1) is 5.92 Å². The van der Waals surface area contributed by atoms with Gasteiger partial charge in [0.1, 0.15) is 5.67 Å². The summed E-state index contributed by atoms with van der Waals surface area (Å²) in [6.45, 7) is 3.75. The quantitative estimate of drug-likeness (QED) is 0.473. The standard InChI is InChI=1S/C8H15F/c1-7-5-3-4-6-8(7,2)9/h7H,3-6H2,1-2H3/t7-,8?/m0/s1. The number of halogens is 1. The van der Waals surface area contributed by atoms with Crippen LogP contribution in [0.4, 0.5) is 4.39 Å². The van der Waals surface area contributed by atoms with Gasteiger partial charge in [0.05, 0.1) is 0 Å². The van der Waals surface area contributed by atoms with Gasteiger partial charge in [0, 0.05) is 0 Å². The van der Waals surface area contributed by atoms with E-state index in [0.717, 1.165) is 19.3 Å². The molecule has 0 amide bonds. The molecule has 1 rings (SSSR count). The summed E-state index contributed by atoms with van der Waals surface area (Å²) in [5.74, 6) is 0.284. The SMILES string of the molecule is C[C@H]1CCCCC1(C)F. The van der Waals surface area contributed by atoms with Gasteiger partial charge >= 0.3 is 0 Å². The fourth-order valence-electron chi connectivity index (χ4n) is 1.47. The van der Waals surface area contributed by atoms with Gasteiger partial charge in [-0.1, -0.05) is 19.8 Å². The molecule has 0 aliphatic heterocycles. The largest absolute Gasteiger partial charge is 0.244 e.